The summed E-state index contributed by atoms with van der Waals surface area (Å²) in [5.41, 5.74) is 2.57. The fourth-order valence-corrected chi connectivity index (χ4v) is 3.98. The molecule has 7 nitrogen and oxygen atoms in total. The Morgan fingerprint density at radius 1 is 1.19 bits per heavy atom. The number of thiophene rings is 1. The molecule has 0 radical (unpaired) electrons. The second-order valence-corrected chi connectivity index (χ2v) is 7.44. The van der Waals surface area contributed by atoms with Crippen molar-refractivity contribution in [2.75, 3.05) is 26.2 Å². The molecule has 134 valence electrons. The number of tetrazole rings is 1. The van der Waals surface area contributed by atoms with E-state index in [-0.39, 0.29) is 5.91 Å². The maximum Gasteiger partial charge on any atom is 0.253 e. The Morgan fingerprint density at radius 2 is 2.04 bits per heavy atom. The second kappa shape index (κ2) is 7.35. The number of hydrogen-bond acceptors (Lipinski definition) is 6. The minimum atomic E-state index is 0.0899. The van der Waals surface area contributed by atoms with Gasteiger partial charge >= 0.3 is 0 Å². The molecule has 1 amide bonds. The number of hydrogen-bond donors (Lipinski definition) is 0. The zero-order valence-electron chi connectivity index (χ0n) is 14.6. The van der Waals surface area contributed by atoms with Gasteiger partial charge in [0.2, 0.25) is 0 Å². The van der Waals surface area contributed by atoms with Crippen molar-refractivity contribution in [2.24, 2.45) is 0 Å². The van der Waals surface area contributed by atoms with Crippen molar-refractivity contribution in [1.29, 1.82) is 0 Å². The van der Waals surface area contributed by atoms with Crippen molar-refractivity contribution in [3.8, 4) is 5.69 Å². The summed E-state index contributed by atoms with van der Waals surface area (Å²) in [4.78, 5) is 18.6. The number of aryl methyl sites for hydroxylation is 1. The first-order chi connectivity index (χ1) is 12.7. The molecule has 0 spiro atoms. The summed E-state index contributed by atoms with van der Waals surface area (Å²) in [5.74, 6) is 0.0899. The lowest BCUT2D eigenvalue weighted by Crippen LogP contribution is -2.48. The van der Waals surface area contributed by atoms with Crippen LogP contribution < -0.4 is 0 Å². The molecule has 4 rings (SSSR count). The maximum atomic E-state index is 12.8. The summed E-state index contributed by atoms with van der Waals surface area (Å²) in [5, 5.41) is 13.3. The zero-order chi connectivity index (χ0) is 17.9. The summed E-state index contributed by atoms with van der Waals surface area (Å²) < 4.78 is 1.60. The zero-order valence-corrected chi connectivity index (χ0v) is 15.4. The molecule has 1 saturated heterocycles. The molecular formula is C18H20N6OS. The van der Waals surface area contributed by atoms with E-state index < -0.39 is 0 Å². The first kappa shape index (κ1) is 16.9. The number of piperazine rings is 1. The van der Waals surface area contributed by atoms with Crippen LogP contribution >= 0.6 is 11.3 Å². The number of rotatable bonds is 4. The normalized spacial score (nSPS) is 15.3. The van der Waals surface area contributed by atoms with E-state index in [1.807, 2.05) is 30.0 Å². The quantitative estimate of drug-likeness (QED) is 0.705. The highest BCUT2D eigenvalue weighted by atomic mass is 32.1. The Balaban J connectivity index is 1.40. The lowest BCUT2D eigenvalue weighted by molar-refractivity contribution is 0.0629. The minimum absolute atomic E-state index is 0.0899. The highest BCUT2D eigenvalue weighted by molar-refractivity contribution is 7.09. The standard InChI is InChI=1S/C18H20N6OS/c1-14-11-15(4-5-17(14)24-13-19-20-21-24)18(25)23-8-6-22(7-9-23)12-16-3-2-10-26-16/h2-5,10-11,13H,6-9,12H2,1H3. The van der Waals surface area contributed by atoms with Crippen LogP contribution in [0.5, 0.6) is 0 Å². The Labute approximate surface area is 155 Å². The fourth-order valence-electron chi connectivity index (χ4n) is 3.23. The molecular weight excluding hydrogens is 348 g/mol. The van der Waals surface area contributed by atoms with E-state index in [0.29, 0.717) is 5.56 Å². The molecule has 0 aliphatic carbocycles. The van der Waals surface area contributed by atoms with Gasteiger partial charge < -0.3 is 4.90 Å². The second-order valence-electron chi connectivity index (χ2n) is 6.40. The summed E-state index contributed by atoms with van der Waals surface area (Å²) in [6.45, 7) is 6.28. The number of aromatic nitrogens is 4. The molecule has 1 aliphatic rings. The van der Waals surface area contributed by atoms with Crippen molar-refractivity contribution in [3.05, 3.63) is 58.0 Å². The Morgan fingerprint density at radius 3 is 2.69 bits per heavy atom. The predicted molar refractivity (Wildman–Crippen MR) is 99.4 cm³/mol. The van der Waals surface area contributed by atoms with E-state index in [1.54, 1.807) is 22.3 Å². The van der Waals surface area contributed by atoms with Crippen LogP contribution in [0.3, 0.4) is 0 Å². The lowest BCUT2D eigenvalue weighted by atomic mass is 10.1. The van der Waals surface area contributed by atoms with Gasteiger partial charge in [-0.3, -0.25) is 9.69 Å². The molecule has 1 aliphatic heterocycles. The van der Waals surface area contributed by atoms with Crippen molar-refractivity contribution >= 4 is 17.2 Å². The first-order valence-electron chi connectivity index (χ1n) is 8.59. The number of amides is 1. The van der Waals surface area contributed by atoms with E-state index in [1.165, 1.54) is 4.88 Å². The summed E-state index contributed by atoms with van der Waals surface area (Å²) >= 11 is 1.78. The highest BCUT2D eigenvalue weighted by Gasteiger charge is 2.22. The van der Waals surface area contributed by atoms with Gasteiger partial charge in [0.05, 0.1) is 5.69 Å². The van der Waals surface area contributed by atoms with E-state index in [4.69, 9.17) is 0 Å². The molecule has 8 heteroatoms. The topological polar surface area (TPSA) is 67.2 Å². The van der Waals surface area contributed by atoms with Gasteiger partial charge in [0.1, 0.15) is 6.33 Å². The van der Waals surface area contributed by atoms with Crippen LogP contribution in [0.4, 0.5) is 0 Å². The number of nitrogens with zero attached hydrogens (tertiary/aromatic N) is 6. The molecule has 0 bridgehead atoms. The molecule has 0 N–H and O–H groups in total. The minimum Gasteiger partial charge on any atom is -0.336 e. The SMILES string of the molecule is Cc1cc(C(=O)N2CCN(Cc3cccs3)CC2)ccc1-n1cnnn1. The van der Waals surface area contributed by atoms with Crippen molar-refractivity contribution in [3.63, 3.8) is 0 Å². The molecule has 3 heterocycles. The molecule has 2 aromatic heterocycles. The highest BCUT2D eigenvalue weighted by Crippen LogP contribution is 2.18. The third kappa shape index (κ3) is 3.51. The van der Waals surface area contributed by atoms with Crippen molar-refractivity contribution in [1.82, 2.24) is 30.0 Å². The monoisotopic (exact) mass is 368 g/mol. The largest absolute Gasteiger partial charge is 0.336 e. The molecule has 3 aromatic rings. The first-order valence-corrected chi connectivity index (χ1v) is 9.47. The number of benzene rings is 1. The van der Waals surface area contributed by atoms with E-state index in [9.17, 15) is 4.79 Å². The lowest BCUT2D eigenvalue weighted by Gasteiger charge is -2.34. The smallest absolute Gasteiger partial charge is 0.253 e. The predicted octanol–water partition coefficient (Wildman–Crippen LogP) is 1.99. The van der Waals surface area contributed by atoms with Crippen LogP contribution in [0, 0.1) is 6.92 Å². The van der Waals surface area contributed by atoms with Gasteiger partial charge in [0.25, 0.3) is 5.91 Å². The van der Waals surface area contributed by atoms with Crippen LogP contribution in [0.25, 0.3) is 5.69 Å². The Bertz CT molecular complexity index is 869. The average molecular weight is 368 g/mol. The Hall–Kier alpha value is -2.58. The molecule has 1 aromatic carbocycles. The molecule has 0 atom stereocenters. The molecule has 1 fully saturated rings. The number of carbonyl (C=O) groups is 1. The van der Waals surface area contributed by atoms with Gasteiger partial charge in [-0.15, -0.1) is 16.4 Å². The summed E-state index contributed by atoms with van der Waals surface area (Å²) in [7, 11) is 0. The average Bonchev–Trinajstić information content (AvgIpc) is 3.36. The van der Waals surface area contributed by atoms with Gasteiger partial charge in [-0.2, -0.15) is 0 Å². The Kier molecular flexibility index (Phi) is 4.77. The van der Waals surface area contributed by atoms with Crippen molar-refractivity contribution in [2.45, 2.75) is 13.5 Å². The maximum absolute atomic E-state index is 12.8. The van der Waals surface area contributed by atoms with E-state index in [2.05, 4.69) is 37.9 Å². The molecule has 26 heavy (non-hydrogen) atoms. The third-order valence-corrected chi connectivity index (χ3v) is 5.52. The van der Waals surface area contributed by atoms with E-state index in [0.717, 1.165) is 44.0 Å². The van der Waals surface area contributed by atoms with Crippen LogP contribution in [0.2, 0.25) is 0 Å². The van der Waals surface area contributed by atoms with Gasteiger partial charge in [0.15, 0.2) is 0 Å². The molecule has 0 unspecified atom stereocenters. The van der Waals surface area contributed by atoms with Gasteiger partial charge in [-0.1, -0.05) is 6.07 Å². The van der Waals surface area contributed by atoms with Crippen LogP contribution in [-0.4, -0.2) is 62.1 Å². The third-order valence-electron chi connectivity index (χ3n) is 4.66. The fraction of sp³-hybridized carbons (Fsp3) is 0.333. The van der Waals surface area contributed by atoms with Gasteiger partial charge in [-0.25, -0.2) is 4.68 Å². The van der Waals surface area contributed by atoms with E-state index >= 15 is 0 Å². The molecule has 0 saturated carbocycles. The van der Waals surface area contributed by atoms with Gasteiger partial charge in [0, 0.05) is 43.2 Å². The van der Waals surface area contributed by atoms with Crippen LogP contribution in [-0.2, 0) is 6.54 Å². The van der Waals surface area contributed by atoms with Crippen molar-refractivity contribution < 1.29 is 4.79 Å². The summed E-state index contributed by atoms with van der Waals surface area (Å²) in [6, 6.07) is 9.91. The summed E-state index contributed by atoms with van der Waals surface area (Å²) in [6.07, 6.45) is 1.55. The van der Waals surface area contributed by atoms with Gasteiger partial charge in [-0.05, 0) is 52.6 Å². The van der Waals surface area contributed by atoms with Crippen LogP contribution in [0.15, 0.2) is 42.0 Å². The number of carbonyl (C=O) groups excluding carboxylic acids is 1. The van der Waals surface area contributed by atoms with Crippen LogP contribution in [0.1, 0.15) is 20.8 Å².